The van der Waals surface area contributed by atoms with E-state index in [-0.39, 0.29) is 10.8 Å². The van der Waals surface area contributed by atoms with Crippen LogP contribution in [0, 0.1) is 0 Å². The molecule has 0 aliphatic rings. The summed E-state index contributed by atoms with van der Waals surface area (Å²) >= 11 is 0.996. The zero-order chi connectivity index (χ0) is 25.0. The predicted octanol–water partition coefficient (Wildman–Crippen LogP) is 4.49. The van der Waals surface area contributed by atoms with Crippen LogP contribution in [0.2, 0.25) is 0 Å². The minimum atomic E-state index is -4.51. The number of benzene rings is 1. The van der Waals surface area contributed by atoms with Crippen molar-refractivity contribution in [2.24, 2.45) is 14.1 Å². The van der Waals surface area contributed by atoms with E-state index in [9.17, 15) is 21.6 Å². The fourth-order valence-corrected chi connectivity index (χ4v) is 5.96. The van der Waals surface area contributed by atoms with Crippen molar-refractivity contribution in [3.63, 3.8) is 0 Å². The average Bonchev–Trinajstić information content (AvgIpc) is 3.53. The summed E-state index contributed by atoms with van der Waals surface area (Å²) in [5.74, 6) is -0.322. The number of hydrogen-bond donors (Lipinski definition) is 0. The molecule has 0 N–H and O–H groups in total. The first-order valence-electron chi connectivity index (χ1n) is 10.2. The molecule has 0 saturated heterocycles. The average molecular weight is 519 g/mol. The molecule has 0 radical (unpaired) electrons. The maximum atomic E-state index is 13.5. The van der Waals surface area contributed by atoms with E-state index in [2.05, 4.69) is 19.4 Å². The van der Waals surface area contributed by atoms with Crippen LogP contribution in [0.5, 0.6) is 0 Å². The van der Waals surface area contributed by atoms with Gasteiger partial charge in [0.1, 0.15) is 22.7 Å². The van der Waals surface area contributed by atoms with E-state index >= 15 is 0 Å². The van der Waals surface area contributed by atoms with Crippen LogP contribution in [-0.4, -0.2) is 37.1 Å². The van der Waals surface area contributed by atoms with Gasteiger partial charge in [-0.15, -0.1) is 0 Å². The Bertz CT molecular complexity index is 1650. The number of aryl methyl sites for hydroxylation is 2. The molecule has 0 saturated carbocycles. The van der Waals surface area contributed by atoms with E-state index in [1.165, 1.54) is 29.3 Å². The zero-order valence-corrected chi connectivity index (χ0v) is 20.0. The summed E-state index contributed by atoms with van der Waals surface area (Å²) < 4.78 is 73.2. The Morgan fingerprint density at radius 2 is 1.83 bits per heavy atom. The molecular formula is C22H17F3N6O2S2. The fourth-order valence-electron chi connectivity index (χ4n) is 3.92. The molecule has 1 aromatic carbocycles. The molecule has 0 unspecified atom stereocenters. The molecule has 0 spiro atoms. The lowest BCUT2D eigenvalue weighted by Gasteiger charge is -2.14. The van der Waals surface area contributed by atoms with Crippen LogP contribution in [0.1, 0.15) is 10.6 Å². The van der Waals surface area contributed by atoms with Crippen LogP contribution in [0.4, 0.5) is 13.2 Å². The van der Waals surface area contributed by atoms with E-state index in [1.807, 2.05) is 0 Å². The van der Waals surface area contributed by atoms with Gasteiger partial charge in [0.05, 0.1) is 11.3 Å². The lowest BCUT2D eigenvalue weighted by molar-refractivity contribution is -0.137. The number of hydrogen-bond acceptors (Lipinski definition) is 7. The van der Waals surface area contributed by atoms with Gasteiger partial charge in [0.25, 0.3) is 0 Å². The number of pyridine rings is 1. The third kappa shape index (κ3) is 4.21. The van der Waals surface area contributed by atoms with E-state index in [0.717, 1.165) is 23.7 Å². The van der Waals surface area contributed by atoms with Crippen LogP contribution in [-0.2, 0) is 35.9 Å². The summed E-state index contributed by atoms with van der Waals surface area (Å²) in [5.41, 5.74) is 1.62. The summed E-state index contributed by atoms with van der Waals surface area (Å²) in [6, 6.07) is 8.20. The molecule has 8 nitrogen and oxygen atoms in total. The zero-order valence-electron chi connectivity index (χ0n) is 18.4. The molecule has 180 valence electrons. The fraction of sp³-hybridized carbons (Fsp3) is 0.182. The standard InChI is InChI=1S/C22H17F3N6O2S2/c1-30-10-17(14-4-3-13(22(23,24)25)9-16(14)18-7-8-27-31(18)2)15-5-6-20(29-21(15)30)35(32,33)11-19-26-12-28-34-19/h3-10,12H,11H2,1-2H3. The van der Waals surface area contributed by atoms with Gasteiger partial charge in [-0.25, -0.2) is 18.4 Å². The van der Waals surface area contributed by atoms with Gasteiger partial charge in [0.2, 0.25) is 9.84 Å². The number of rotatable bonds is 5. The lowest BCUT2D eigenvalue weighted by Crippen LogP contribution is -2.07. The van der Waals surface area contributed by atoms with Gasteiger partial charge >= 0.3 is 6.18 Å². The first kappa shape index (κ1) is 23.2. The number of sulfone groups is 1. The van der Waals surface area contributed by atoms with E-state index in [0.29, 0.717) is 38.4 Å². The molecular weight excluding hydrogens is 501 g/mol. The second kappa shape index (κ2) is 8.27. The highest BCUT2D eigenvalue weighted by molar-refractivity contribution is 7.90. The van der Waals surface area contributed by atoms with E-state index in [4.69, 9.17) is 0 Å². The first-order valence-corrected chi connectivity index (χ1v) is 12.6. The minimum Gasteiger partial charge on any atom is -0.335 e. The lowest BCUT2D eigenvalue weighted by atomic mass is 9.95. The Hall–Kier alpha value is -3.58. The van der Waals surface area contributed by atoms with Gasteiger partial charge in [-0.1, -0.05) is 6.07 Å². The molecule has 13 heteroatoms. The summed E-state index contributed by atoms with van der Waals surface area (Å²) in [4.78, 5) is 8.30. The van der Waals surface area contributed by atoms with Crippen molar-refractivity contribution in [1.29, 1.82) is 0 Å². The Morgan fingerprint density at radius 1 is 1.03 bits per heavy atom. The van der Waals surface area contributed by atoms with Crippen molar-refractivity contribution >= 4 is 32.4 Å². The normalized spacial score (nSPS) is 12.5. The van der Waals surface area contributed by atoms with E-state index in [1.54, 1.807) is 37.0 Å². The number of aromatic nitrogens is 6. The molecule has 0 atom stereocenters. The third-order valence-corrected chi connectivity index (χ3v) is 7.93. The maximum absolute atomic E-state index is 13.5. The molecule has 35 heavy (non-hydrogen) atoms. The summed E-state index contributed by atoms with van der Waals surface area (Å²) in [6.45, 7) is 0. The highest BCUT2D eigenvalue weighted by Gasteiger charge is 2.32. The number of nitrogens with zero attached hydrogens (tertiary/aromatic N) is 6. The molecule has 4 aromatic heterocycles. The van der Waals surface area contributed by atoms with E-state index < -0.39 is 21.6 Å². The molecule has 0 bridgehead atoms. The number of alkyl halides is 3. The van der Waals surface area contributed by atoms with Crippen molar-refractivity contribution in [2.45, 2.75) is 17.0 Å². The smallest absolute Gasteiger partial charge is 0.335 e. The molecule has 0 aliphatic carbocycles. The number of halogens is 3. The molecule has 4 heterocycles. The third-order valence-electron chi connectivity index (χ3n) is 5.57. The van der Waals surface area contributed by atoms with Crippen molar-refractivity contribution in [2.75, 3.05) is 0 Å². The van der Waals surface area contributed by atoms with Crippen molar-refractivity contribution < 1.29 is 21.6 Å². The SMILES string of the molecule is Cn1nccc1-c1cc(C(F)(F)F)ccc1-c1cn(C)c2nc(S(=O)(=O)Cc3ncns3)ccc12. The quantitative estimate of drug-likeness (QED) is 0.340. The summed E-state index contributed by atoms with van der Waals surface area (Å²) in [6.07, 6.45) is 0.0162. The van der Waals surface area contributed by atoms with Gasteiger partial charge in [0.15, 0.2) is 5.03 Å². The largest absolute Gasteiger partial charge is 0.416 e. The van der Waals surface area contributed by atoms with Gasteiger partial charge in [-0.2, -0.15) is 22.6 Å². The Morgan fingerprint density at radius 3 is 2.49 bits per heavy atom. The molecule has 5 rings (SSSR count). The Balaban J connectivity index is 1.66. The van der Waals surface area contributed by atoms with Crippen molar-refractivity contribution in [3.05, 3.63) is 65.7 Å². The highest BCUT2D eigenvalue weighted by atomic mass is 32.2. The Labute approximate surface area is 201 Å². The van der Waals surface area contributed by atoms with Gasteiger partial charge in [0, 0.05) is 43.0 Å². The molecule has 0 aliphatic heterocycles. The highest BCUT2D eigenvalue weighted by Crippen LogP contribution is 2.40. The van der Waals surface area contributed by atoms with Gasteiger partial charge in [-0.05, 0) is 47.4 Å². The van der Waals surface area contributed by atoms with Crippen molar-refractivity contribution in [3.8, 4) is 22.4 Å². The maximum Gasteiger partial charge on any atom is 0.416 e. The van der Waals surface area contributed by atoms with Crippen LogP contribution >= 0.6 is 11.5 Å². The molecule has 0 amide bonds. The first-order chi connectivity index (χ1) is 16.5. The van der Waals surface area contributed by atoms with Crippen LogP contribution in [0.25, 0.3) is 33.4 Å². The van der Waals surface area contributed by atoms with Crippen LogP contribution < -0.4 is 0 Å². The predicted molar refractivity (Wildman–Crippen MR) is 124 cm³/mol. The second-order valence-corrected chi connectivity index (χ2v) is 10.7. The molecule has 0 fully saturated rings. The molecule has 5 aromatic rings. The van der Waals surface area contributed by atoms with Gasteiger partial charge in [-0.3, -0.25) is 4.68 Å². The monoisotopic (exact) mass is 518 g/mol. The second-order valence-electron chi connectivity index (χ2n) is 7.87. The summed E-state index contributed by atoms with van der Waals surface area (Å²) in [5, 5.41) is 4.93. The Kier molecular flexibility index (Phi) is 5.48. The minimum absolute atomic E-state index is 0.118. The summed E-state index contributed by atoms with van der Waals surface area (Å²) in [7, 11) is -0.417. The van der Waals surface area contributed by atoms with Gasteiger partial charge < -0.3 is 4.57 Å². The number of fused-ring (bicyclic) bond motifs is 1. The van der Waals surface area contributed by atoms with Crippen molar-refractivity contribution in [1.82, 2.24) is 28.7 Å². The van der Waals surface area contributed by atoms with Crippen LogP contribution in [0.3, 0.4) is 0 Å². The van der Waals surface area contributed by atoms with Crippen LogP contribution in [0.15, 0.2) is 60.1 Å². The topological polar surface area (TPSA) is 95.6 Å².